The summed E-state index contributed by atoms with van der Waals surface area (Å²) in [6.07, 6.45) is 1.50. The van der Waals surface area contributed by atoms with Gasteiger partial charge in [0.1, 0.15) is 0 Å². The van der Waals surface area contributed by atoms with E-state index in [9.17, 15) is 18.0 Å². The van der Waals surface area contributed by atoms with Gasteiger partial charge in [-0.1, -0.05) is 0 Å². The normalized spacial score (nSPS) is 23.2. The van der Waals surface area contributed by atoms with E-state index in [1.807, 2.05) is 0 Å². The first kappa shape index (κ1) is 20.1. The molecule has 0 spiro atoms. The first-order chi connectivity index (χ1) is 14.9. The molecule has 1 amide bonds. The van der Waals surface area contributed by atoms with Crippen molar-refractivity contribution in [1.29, 1.82) is 0 Å². The molecule has 1 aromatic carbocycles. The molecule has 1 aromatic heterocycles. The summed E-state index contributed by atoms with van der Waals surface area (Å²) in [6.45, 7) is 2.42. The van der Waals surface area contributed by atoms with E-state index in [-0.39, 0.29) is 11.9 Å². The molecule has 5 rings (SSSR count). The second kappa shape index (κ2) is 7.69. The summed E-state index contributed by atoms with van der Waals surface area (Å²) >= 11 is 0. The maximum atomic E-state index is 13.3. The quantitative estimate of drug-likeness (QED) is 0.807. The predicted octanol–water partition coefficient (Wildman–Crippen LogP) is 2.89. The maximum absolute atomic E-state index is 13.3. The largest absolute Gasteiger partial charge is 0.416 e. The molecule has 3 aliphatic rings. The van der Waals surface area contributed by atoms with Gasteiger partial charge in [0.05, 0.1) is 17.5 Å². The Balaban J connectivity index is 1.45. The van der Waals surface area contributed by atoms with Crippen LogP contribution in [0.4, 0.5) is 24.8 Å². The molecule has 1 saturated heterocycles. The highest BCUT2D eigenvalue weighted by Crippen LogP contribution is 2.40. The van der Waals surface area contributed by atoms with Crippen molar-refractivity contribution >= 4 is 17.5 Å². The smallest absolute Gasteiger partial charge is 0.364 e. The zero-order valence-corrected chi connectivity index (χ0v) is 17.0. The standard InChI is InChI=1S/C22H24F3N5O/c23-22(24,25)16-4-5-18-15(10-16)11-17(20(31)28-12-14-2-3-14)19-13-29(8-9-30(18)19)21-26-6-1-7-27-21/h1,4-7,10,14,17,19H,2-3,8-9,11-13H2,(H,28,31)/t17-,19-/m1/s1. The number of amides is 1. The summed E-state index contributed by atoms with van der Waals surface area (Å²) in [5.41, 5.74) is 0.707. The van der Waals surface area contributed by atoms with Gasteiger partial charge in [-0.25, -0.2) is 9.97 Å². The van der Waals surface area contributed by atoms with Crippen LogP contribution in [0.1, 0.15) is 24.0 Å². The number of hydrogen-bond acceptors (Lipinski definition) is 5. The molecule has 1 N–H and O–H groups in total. The van der Waals surface area contributed by atoms with Crippen LogP contribution >= 0.6 is 0 Å². The van der Waals surface area contributed by atoms with E-state index in [1.54, 1.807) is 24.5 Å². The molecule has 31 heavy (non-hydrogen) atoms. The molecule has 9 heteroatoms. The average Bonchev–Trinajstić information content (AvgIpc) is 3.60. The highest BCUT2D eigenvalue weighted by atomic mass is 19.4. The highest BCUT2D eigenvalue weighted by molar-refractivity contribution is 5.82. The number of carbonyl (C=O) groups excluding carboxylic acids is 1. The van der Waals surface area contributed by atoms with Gasteiger partial charge in [-0.15, -0.1) is 0 Å². The Morgan fingerprint density at radius 3 is 2.65 bits per heavy atom. The van der Waals surface area contributed by atoms with Gasteiger partial charge in [-0.05, 0) is 55.0 Å². The van der Waals surface area contributed by atoms with Gasteiger partial charge in [0.2, 0.25) is 11.9 Å². The van der Waals surface area contributed by atoms with Gasteiger partial charge in [0.15, 0.2) is 0 Å². The molecule has 2 aliphatic heterocycles. The molecule has 0 unspecified atom stereocenters. The SMILES string of the molecule is O=C(NCC1CC1)[C@@H]1Cc2cc(C(F)(F)F)ccc2N2CCN(c3ncccn3)C[C@H]12. The van der Waals surface area contributed by atoms with Crippen LogP contribution in [0.15, 0.2) is 36.7 Å². The van der Waals surface area contributed by atoms with E-state index in [2.05, 4.69) is 25.1 Å². The zero-order valence-electron chi connectivity index (χ0n) is 17.0. The first-order valence-corrected chi connectivity index (χ1v) is 10.7. The molecule has 3 heterocycles. The van der Waals surface area contributed by atoms with Crippen LogP contribution in [0.3, 0.4) is 0 Å². The molecule has 0 radical (unpaired) electrons. The summed E-state index contributed by atoms with van der Waals surface area (Å²) in [6, 6.07) is 5.50. The maximum Gasteiger partial charge on any atom is 0.416 e. The number of rotatable bonds is 4. The Kier molecular flexibility index (Phi) is 4.98. The molecular weight excluding hydrogens is 407 g/mol. The lowest BCUT2D eigenvalue weighted by molar-refractivity contribution is -0.137. The molecule has 164 valence electrons. The Labute approximate surface area is 178 Å². The van der Waals surface area contributed by atoms with E-state index in [0.717, 1.165) is 24.6 Å². The van der Waals surface area contributed by atoms with Crippen molar-refractivity contribution < 1.29 is 18.0 Å². The number of nitrogens with one attached hydrogen (secondary N) is 1. The zero-order chi connectivity index (χ0) is 21.6. The van der Waals surface area contributed by atoms with Crippen LogP contribution in [-0.4, -0.2) is 48.1 Å². The summed E-state index contributed by atoms with van der Waals surface area (Å²) in [5, 5.41) is 3.04. The fraction of sp³-hybridized carbons (Fsp3) is 0.500. The highest BCUT2D eigenvalue weighted by Gasteiger charge is 2.43. The van der Waals surface area contributed by atoms with Crippen LogP contribution in [0.25, 0.3) is 0 Å². The molecule has 1 aliphatic carbocycles. The van der Waals surface area contributed by atoms with E-state index in [1.165, 1.54) is 6.07 Å². The van der Waals surface area contributed by atoms with Gasteiger partial charge >= 0.3 is 6.18 Å². The molecular formula is C22H24F3N5O. The lowest BCUT2D eigenvalue weighted by Crippen LogP contribution is -2.61. The number of hydrogen-bond donors (Lipinski definition) is 1. The molecule has 6 nitrogen and oxygen atoms in total. The molecule has 0 bridgehead atoms. The summed E-state index contributed by atoms with van der Waals surface area (Å²) in [5.74, 6) is 0.632. The monoisotopic (exact) mass is 431 g/mol. The number of alkyl halides is 3. The van der Waals surface area contributed by atoms with Crippen molar-refractivity contribution in [2.45, 2.75) is 31.5 Å². The third-order valence-electron chi connectivity index (χ3n) is 6.47. The molecule has 1 saturated carbocycles. The molecule has 2 fully saturated rings. The number of benzene rings is 1. The van der Waals surface area contributed by atoms with Crippen LogP contribution in [0, 0.1) is 11.8 Å². The average molecular weight is 431 g/mol. The Hall–Kier alpha value is -2.84. The van der Waals surface area contributed by atoms with Crippen LogP contribution < -0.4 is 15.1 Å². The second-order valence-corrected chi connectivity index (χ2v) is 8.60. The van der Waals surface area contributed by atoms with Gasteiger partial charge in [0.25, 0.3) is 0 Å². The van der Waals surface area contributed by atoms with Crippen molar-refractivity contribution in [3.8, 4) is 0 Å². The Morgan fingerprint density at radius 1 is 1.16 bits per heavy atom. The number of nitrogens with zero attached hydrogens (tertiary/aromatic N) is 4. The van der Waals surface area contributed by atoms with Crippen LogP contribution in [0.2, 0.25) is 0 Å². The van der Waals surface area contributed by atoms with Gasteiger partial charge in [-0.2, -0.15) is 13.2 Å². The number of piperazine rings is 1. The summed E-state index contributed by atoms with van der Waals surface area (Å²) in [4.78, 5) is 25.9. The Morgan fingerprint density at radius 2 is 1.94 bits per heavy atom. The minimum Gasteiger partial charge on any atom is -0.364 e. The number of halogens is 3. The Bertz CT molecular complexity index is 963. The van der Waals surface area contributed by atoms with Crippen molar-refractivity contribution in [2.24, 2.45) is 11.8 Å². The predicted molar refractivity (Wildman–Crippen MR) is 110 cm³/mol. The number of fused-ring (bicyclic) bond motifs is 3. The van der Waals surface area contributed by atoms with E-state index >= 15 is 0 Å². The van der Waals surface area contributed by atoms with E-state index in [0.29, 0.717) is 50.0 Å². The lowest BCUT2D eigenvalue weighted by atomic mass is 9.82. The topological polar surface area (TPSA) is 61.4 Å². The van der Waals surface area contributed by atoms with Crippen molar-refractivity contribution in [3.63, 3.8) is 0 Å². The summed E-state index contributed by atoms with van der Waals surface area (Å²) < 4.78 is 39.9. The van der Waals surface area contributed by atoms with E-state index < -0.39 is 17.7 Å². The molecule has 2 aromatic rings. The third-order valence-corrected chi connectivity index (χ3v) is 6.47. The van der Waals surface area contributed by atoms with Crippen molar-refractivity contribution in [2.75, 3.05) is 36.0 Å². The minimum absolute atomic E-state index is 0.0826. The number of aromatic nitrogens is 2. The fourth-order valence-corrected chi connectivity index (χ4v) is 4.63. The number of anilines is 2. The summed E-state index contributed by atoms with van der Waals surface area (Å²) in [7, 11) is 0. The van der Waals surface area contributed by atoms with Gasteiger partial charge in [0, 0.05) is 44.3 Å². The first-order valence-electron chi connectivity index (χ1n) is 10.7. The van der Waals surface area contributed by atoms with Crippen LogP contribution in [0.5, 0.6) is 0 Å². The fourth-order valence-electron chi connectivity index (χ4n) is 4.63. The van der Waals surface area contributed by atoms with Crippen molar-refractivity contribution in [3.05, 3.63) is 47.8 Å². The lowest BCUT2D eigenvalue weighted by Gasteiger charge is -2.49. The minimum atomic E-state index is -4.40. The van der Waals surface area contributed by atoms with Gasteiger partial charge < -0.3 is 15.1 Å². The number of carbonyl (C=O) groups is 1. The van der Waals surface area contributed by atoms with Crippen molar-refractivity contribution in [1.82, 2.24) is 15.3 Å². The second-order valence-electron chi connectivity index (χ2n) is 8.60. The van der Waals surface area contributed by atoms with E-state index in [4.69, 9.17) is 0 Å². The van der Waals surface area contributed by atoms with Gasteiger partial charge in [-0.3, -0.25) is 4.79 Å². The van der Waals surface area contributed by atoms with Crippen LogP contribution in [-0.2, 0) is 17.4 Å². The molecule has 2 atom stereocenters. The third kappa shape index (κ3) is 4.05.